The van der Waals surface area contributed by atoms with Crippen LogP contribution < -0.4 is 4.90 Å². The lowest BCUT2D eigenvalue weighted by atomic mass is 10.1. The summed E-state index contributed by atoms with van der Waals surface area (Å²) in [7, 11) is 0. The fourth-order valence-corrected chi connectivity index (χ4v) is 4.25. The molecule has 2 aromatic rings. The molecule has 2 aliphatic heterocycles. The molecule has 134 valence electrons. The van der Waals surface area contributed by atoms with E-state index in [-0.39, 0.29) is 11.8 Å². The Morgan fingerprint density at radius 3 is 2.38 bits per heavy atom. The number of piperazine rings is 1. The Bertz CT molecular complexity index is 840. The van der Waals surface area contributed by atoms with E-state index in [1.165, 1.54) is 16.2 Å². The number of rotatable bonds is 4. The molecular formula is C19H20N4O2S. The van der Waals surface area contributed by atoms with Gasteiger partial charge in [-0.1, -0.05) is 12.1 Å². The maximum atomic E-state index is 12.9. The Labute approximate surface area is 156 Å². The average molecular weight is 368 g/mol. The predicted octanol–water partition coefficient (Wildman–Crippen LogP) is 2.07. The summed E-state index contributed by atoms with van der Waals surface area (Å²) in [6, 6.07) is 9.70. The van der Waals surface area contributed by atoms with Crippen molar-refractivity contribution in [2.24, 2.45) is 0 Å². The average Bonchev–Trinajstić information content (AvgIpc) is 3.29. The van der Waals surface area contributed by atoms with Crippen LogP contribution >= 0.6 is 11.3 Å². The summed E-state index contributed by atoms with van der Waals surface area (Å²) < 4.78 is 0. The second-order valence-corrected chi connectivity index (χ2v) is 7.17. The van der Waals surface area contributed by atoms with Gasteiger partial charge in [-0.2, -0.15) is 0 Å². The van der Waals surface area contributed by atoms with E-state index in [9.17, 15) is 9.59 Å². The number of amides is 2. The van der Waals surface area contributed by atoms with Gasteiger partial charge in [-0.25, -0.2) is 4.98 Å². The summed E-state index contributed by atoms with van der Waals surface area (Å²) in [5.74, 6) is 0.595. The fourth-order valence-electron chi connectivity index (χ4n) is 3.49. The van der Waals surface area contributed by atoms with Crippen molar-refractivity contribution in [3.63, 3.8) is 0 Å². The van der Waals surface area contributed by atoms with Crippen LogP contribution in [0.2, 0.25) is 0 Å². The maximum Gasteiger partial charge on any atom is 0.277 e. The highest BCUT2D eigenvalue weighted by Crippen LogP contribution is 2.34. The zero-order chi connectivity index (χ0) is 18.1. The molecule has 2 amide bonds. The van der Waals surface area contributed by atoms with Crippen molar-refractivity contribution >= 4 is 34.5 Å². The van der Waals surface area contributed by atoms with Gasteiger partial charge in [0.05, 0.1) is 5.57 Å². The molecule has 0 unspecified atom stereocenters. The largest absolute Gasteiger partial charge is 0.363 e. The van der Waals surface area contributed by atoms with E-state index in [0.717, 1.165) is 23.8 Å². The number of hydrogen-bond donors (Lipinski definition) is 0. The second kappa shape index (κ2) is 6.92. The highest BCUT2D eigenvalue weighted by molar-refractivity contribution is 7.11. The lowest BCUT2D eigenvalue weighted by molar-refractivity contribution is -0.137. The molecular weight excluding hydrogens is 348 g/mol. The number of aromatic nitrogens is 1. The van der Waals surface area contributed by atoms with Crippen LogP contribution in [0.15, 0.2) is 47.6 Å². The lowest BCUT2D eigenvalue weighted by Crippen LogP contribution is -2.47. The van der Waals surface area contributed by atoms with E-state index in [4.69, 9.17) is 0 Å². The summed E-state index contributed by atoms with van der Waals surface area (Å²) >= 11 is 1.50. The SMILES string of the molecule is CCN1C(=O)C(c2cccs2)=C(N2CCN(c3ccccn3)CC2)C1=O. The number of nitrogens with zero attached hydrogens (tertiary/aromatic N) is 4. The standard InChI is InChI=1S/C19H20N4O2S/c1-2-23-18(24)16(14-6-5-13-26-14)17(19(23)25)22-11-9-21(10-12-22)15-7-3-4-8-20-15/h3-8,13H,2,9-12H2,1H3. The first kappa shape index (κ1) is 16.8. The minimum absolute atomic E-state index is 0.174. The zero-order valence-corrected chi connectivity index (χ0v) is 15.4. The first-order valence-electron chi connectivity index (χ1n) is 8.76. The van der Waals surface area contributed by atoms with Gasteiger partial charge in [-0.3, -0.25) is 14.5 Å². The van der Waals surface area contributed by atoms with E-state index in [0.29, 0.717) is 30.9 Å². The van der Waals surface area contributed by atoms with E-state index in [2.05, 4.69) is 14.8 Å². The van der Waals surface area contributed by atoms with E-state index in [1.54, 1.807) is 6.20 Å². The quantitative estimate of drug-likeness (QED) is 0.774. The van der Waals surface area contributed by atoms with E-state index < -0.39 is 0 Å². The van der Waals surface area contributed by atoms with Crippen LogP contribution in [-0.4, -0.2) is 59.3 Å². The minimum atomic E-state index is -0.179. The molecule has 26 heavy (non-hydrogen) atoms. The van der Waals surface area contributed by atoms with Crippen molar-refractivity contribution in [2.75, 3.05) is 37.6 Å². The number of thiophene rings is 1. The van der Waals surface area contributed by atoms with E-state index in [1.807, 2.05) is 42.6 Å². The normalized spacial score (nSPS) is 18.3. The molecule has 0 atom stereocenters. The Morgan fingerprint density at radius 2 is 1.77 bits per heavy atom. The molecule has 1 fully saturated rings. The number of hydrogen-bond acceptors (Lipinski definition) is 6. The fraction of sp³-hybridized carbons (Fsp3) is 0.316. The third-order valence-electron chi connectivity index (χ3n) is 4.80. The third-order valence-corrected chi connectivity index (χ3v) is 5.68. The number of likely N-dealkylation sites (N-methyl/N-ethyl adjacent to an activating group) is 1. The van der Waals surface area contributed by atoms with Crippen molar-refractivity contribution in [1.29, 1.82) is 0 Å². The molecule has 4 rings (SSSR count). The summed E-state index contributed by atoms with van der Waals surface area (Å²) in [4.78, 5) is 36.6. The van der Waals surface area contributed by atoms with Gasteiger partial charge in [0.1, 0.15) is 11.5 Å². The minimum Gasteiger partial charge on any atom is -0.363 e. The molecule has 2 aliphatic rings. The summed E-state index contributed by atoms with van der Waals surface area (Å²) in [6.07, 6.45) is 1.79. The van der Waals surface area contributed by atoms with Crippen LogP contribution in [0.5, 0.6) is 0 Å². The molecule has 7 heteroatoms. The first-order valence-corrected chi connectivity index (χ1v) is 9.64. The number of imide groups is 1. The molecule has 6 nitrogen and oxygen atoms in total. The van der Waals surface area contributed by atoms with Gasteiger partial charge >= 0.3 is 0 Å². The van der Waals surface area contributed by atoms with Crippen LogP contribution in [-0.2, 0) is 9.59 Å². The summed E-state index contributed by atoms with van der Waals surface area (Å²) in [6.45, 7) is 5.15. The van der Waals surface area contributed by atoms with Gasteiger partial charge in [-0.05, 0) is 30.5 Å². The first-order chi connectivity index (χ1) is 12.7. The molecule has 4 heterocycles. The molecule has 0 bridgehead atoms. The molecule has 0 saturated carbocycles. The van der Waals surface area contributed by atoms with Crippen molar-refractivity contribution < 1.29 is 9.59 Å². The van der Waals surface area contributed by atoms with Gasteiger partial charge in [0.2, 0.25) is 0 Å². The Hall–Kier alpha value is -2.67. The molecule has 1 saturated heterocycles. The monoisotopic (exact) mass is 368 g/mol. The zero-order valence-electron chi connectivity index (χ0n) is 14.6. The molecule has 0 radical (unpaired) electrons. The highest BCUT2D eigenvalue weighted by Gasteiger charge is 2.41. The van der Waals surface area contributed by atoms with Crippen molar-refractivity contribution in [2.45, 2.75) is 6.92 Å². The van der Waals surface area contributed by atoms with Gasteiger partial charge in [-0.15, -0.1) is 11.3 Å². The molecule has 0 N–H and O–H groups in total. The Balaban J connectivity index is 1.61. The second-order valence-electron chi connectivity index (χ2n) is 6.22. The highest BCUT2D eigenvalue weighted by atomic mass is 32.1. The van der Waals surface area contributed by atoms with Crippen LogP contribution in [0.3, 0.4) is 0 Å². The molecule has 0 aliphatic carbocycles. The maximum absolute atomic E-state index is 12.9. The smallest absolute Gasteiger partial charge is 0.277 e. The van der Waals surface area contributed by atoms with Crippen molar-refractivity contribution in [3.05, 3.63) is 52.5 Å². The molecule has 0 aromatic carbocycles. The number of carbonyl (C=O) groups is 2. The number of pyridine rings is 1. The Morgan fingerprint density at radius 1 is 1.00 bits per heavy atom. The lowest BCUT2D eigenvalue weighted by Gasteiger charge is -2.37. The summed E-state index contributed by atoms with van der Waals surface area (Å²) in [5, 5.41) is 1.94. The van der Waals surface area contributed by atoms with Gasteiger partial charge in [0.25, 0.3) is 11.8 Å². The van der Waals surface area contributed by atoms with Crippen LogP contribution in [0.25, 0.3) is 5.57 Å². The topological polar surface area (TPSA) is 56.8 Å². The number of anilines is 1. The predicted molar refractivity (Wildman–Crippen MR) is 102 cm³/mol. The van der Waals surface area contributed by atoms with Crippen LogP contribution in [0.1, 0.15) is 11.8 Å². The third kappa shape index (κ3) is 2.78. The van der Waals surface area contributed by atoms with Gasteiger partial charge in [0, 0.05) is 43.8 Å². The molecule has 2 aromatic heterocycles. The van der Waals surface area contributed by atoms with Crippen LogP contribution in [0, 0.1) is 0 Å². The number of carbonyl (C=O) groups excluding carboxylic acids is 2. The summed E-state index contributed by atoms with van der Waals surface area (Å²) in [5.41, 5.74) is 1.11. The van der Waals surface area contributed by atoms with Crippen LogP contribution in [0.4, 0.5) is 5.82 Å². The van der Waals surface area contributed by atoms with Crippen molar-refractivity contribution in [1.82, 2.24) is 14.8 Å². The molecule has 0 spiro atoms. The van der Waals surface area contributed by atoms with E-state index >= 15 is 0 Å². The van der Waals surface area contributed by atoms with Gasteiger partial charge < -0.3 is 9.80 Å². The van der Waals surface area contributed by atoms with Crippen molar-refractivity contribution in [3.8, 4) is 0 Å². The van der Waals surface area contributed by atoms with Gasteiger partial charge in [0.15, 0.2) is 0 Å². The Kier molecular flexibility index (Phi) is 4.46.